The van der Waals surface area contributed by atoms with Crippen LogP contribution in [0.1, 0.15) is 15.9 Å². The number of benzene rings is 1. The van der Waals surface area contributed by atoms with Crippen LogP contribution in [0.25, 0.3) is 0 Å². The minimum absolute atomic E-state index is 0.0226. The number of hydrogen-bond donors (Lipinski definition) is 1. The van der Waals surface area contributed by atoms with Gasteiger partial charge in [0.25, 0.3) is 11.6 Å². The highest BCUT2D eigenvalue weighted by atomic mass is 79.9. The molecule has 1 aromatic carbocycles. The molecule has 21 heavy (non-hydrogen) atoms. The number of nitrogens with zero attached hydrogens (tertiary/aromatic N) is 2. The number of nitrogens with one attached hydrogen (secondary N) is 1. The van der Waals surface area contributed by atoms with E-state index in [9.17, 15) is 19.3 Å². The molecule has 2 aromatic rings. The first kappa shape index (κ1) is 15.0. The quantitative estimate of drug-likeness (QED) is 0.676. The Morgan fingerprint density at radius 3 is 2.81 bits per heavy atom. The fourth-order valence-corrected chi connectivity index (χ4v) is 2.03. The molecule has 8 heteroatoms. The van der Waals surface area contributed by atoms with Gasteiger partial charge in [0.2, 0.25) is 0 Å². The molecule has 0 radical (unpaired) electrons. The molecule has 0 aliphatic rings. The molecule has 0 aliphatic carbocycles. The summed E-state index contributed by atoms with van der Waals surface area (Å²) in [4.78, 5) is 26.1. The number of halogens is 2. The van der Waals surface area contributed by atoms with Crippen molar-refractivity contribution in [3.63, 3.8) is 0 Å². The largest absolute Gasteiger partial charge is 0.306 e. The lowest BCUT2D eigenvalue weighted by Gasteiger charge is -2.08. The van der Waals surface area contributed by atoms with E-state index in [0.717, 1.165) is 12.1 Å². The van der Waals surface area contributed by atoms with Crippen LogP contribution < -0.4 is 5.32 Å². The molecule has 0 bridgehead atoms. The number of aryl methyl sites for hydroxylation is 1. The predicted octanol–water partition coefficient (Wildman–Crippen LogP) is 3.45. The van der Waals surface area contributed by atoms with Gasteiger partial charge in [-0.15, -0.1) is 0 Å². The van der Waals surface area contributed by atoms with Crippen molar-refractivity contribution in [2.75, 3.05) is 5.32 Å². The molecule has 1 heterocycles. The second kappa shape index (κ2) is 5.96. The minimum Gasteiger partial charge on any atom is -0.306 e. The lowest BCUT2D eigenvalue weighted by Crippen LogP contribution is -2.16. The summed E-state index contributed by atoms with van der Waals surface area (Å²) in [5.74, 6) is -1.41. The molecule has 0 atom stereocenters. The van der Waals surface area contributed by atoms with E-state index in [4.69, 9.17) is 0 Å². The van der Waals surface area contributed by atoms with Crippen molar-refractivity contribution in [3.8, 4) is 0 Å². The first-order valence-electron chi connectivity index (χ1n) is 5.76. The van der Waals surface area contributed by atoms with Gasteiger partial charge in [0.1, 0.15) is 11.6 Å². The third-order valence-corrected chi connectivity index (χ3v) is 3.33. The molecule has 0 fully saturated rings. The van der Waals surface area contributed by atoms with Gasteiger partial charge >= 0.3 is 0 Å². The first-order valence-corrected chi connectivity index (χ1v) is 6.56. The highest BCUT2D eigenvalue weighted by molar-refractivity contribution is 9.10. The van der Waals surface area contributed by atoms with Gasteiger partial charge in [0, 0.05) is 18.3 Å². The molecule has 1 aromatic heterocycles. The minimum atomic E-state index is -0.807. The fourth-order valence-electron chi connectivity index (χ4n) is 1.67. The zero-order chi connectivity index (χ0) is 15.6. The van der Waals surface area contributed by atoms with E-state index in [2.05, 4.69) is 26.2 Å². The summed E-state index contributed by atoms with van der Waals surface area (Å²) in [5, 5.41) is 13.2. The molecule has 6 nitrogen and oxygen atoms in total. The summed E-state index contributed by atoms with van der Waals surface area (Å²) in [6.07, 6.45) is 1.45. The Labute approximate surface area is 127 Å². The van der Waals surface area contributed by atoms with Gasteiger partial charge in [-0.1, -0.05) is 0 Å². The maximum Gasteiger partial charge on any atom is 0.270 e. The topological polar surface area (TPSA) is 85.1 Å². The van der Waals surface area contributed by atoms with E-state index in [1.165, 1.54) is 13.1 Å². The van der Waals surface area contributed by atoms with Crippen LogP contribution in [0.5, 0.6) is 0 Å². The van der Waals surface area contributed by atoms with E-state index in [1.54, 1.807) is 12.1 Å². The number of nitro groups is 1. The molecular weight excluding hydrogens is 345 g/mol. The van der Waals surface area contributed by atoms with Crippen LogP contribution in [0.3, 0.4) is 0 Å². The first-order chi connectivity index (χ1) is 9.90. The Morgan fingerprint density at radius 1 is 1.48 bits per heavy atom. The number of hydrogen-bond acceptors (Lipinski definition) is 4. The van der Waals surface area contributed by atoms with Gasteiger partial charge in [-0.3, -0.25) is 14.9 Å². The van der Waals surface area contributed by atoms with Crippen LogP contribution >= 0.6 is 15.9 Å². The summed E-state index contributed by atoms with van der Waals surface area (Å²) in [7, 11) is 0. The third-order valence-electron chi connectivity index (χ3n) is 2.69. The summed E-state index contributed by atoms with van der Waals surface area (Å²) in [5.41, 5.74) is -0.729. The average Bonchev–Trinajstić information content (AvgIpc) is 2.43. The van der Waals surface area contributed by atoms with Gasteiger partial charge < -0.3 is 5.32 Å². The Hall–Kier alpha value is -2.35. The number of non-ortho nitro benzene ring substituents is 1. The number of amides is 1. The molecule has 0 aliphatic heterocycles. The smallest absolute Gasteiger partial charge is 0.270 e. The maximum absolute atomic E-state index is 14.0. The zero-order valence-electron chi connectivity index (χ0n) is 10.8. The predicted molar refractivity (Wildman–Crippen MR) is 77.7 cm³/mol. The molecule has 1 amide bonds. The number of pyridine rings is 1. The van der Waals surface area contributed by atoms with Gasteiger partial charge in [-0.2, -0.15) is 0 Å². The Balaban J connectivity index is 2.39. The van der Waals surface area contributed by atoms with Crippen molar-refractivity contribution in [2.45, 2.75) is 6.92 Å². The number of anilines is 1. The zero-order valence-corrected chi connectivity index (χ0v) is 12.3. The van der Waals surface area contributed by atoms with Crippen molar-refractivity contribution in [1.29, 1.82) is 0 Å². The molecule has 1 N–H and O–H groups in total. The van der Waals surface area contributed by atoms with Crippen LogP contribution in [0.4, 0.5) is 15.9 Å². The van der Waals surface area contributed by atoms with E-state index >= 15 is 0 Å². The van der Waals surface area contributed by atoms with Crippen LogP contribution in [-0.4, -0.2) is 15.8 Å². The standard InChI is InChI=1S/C13H9BrFN3O3/c1-7-5-8(18(20)21)6-9(11(7)15)13(19)17-12-10(14)3-2-4-16-12/h2-6H,1H3,(H,16,17,19). The Morgan fingerprint density at radius 2 is 2.19 bits per heavy atom. The summed E-state index contributed by atoms with van der Waals surface area (Å²) >= 11 is 3.19. The summed E-state index contributed by atoms with van der Waals surface area (Å²) < 4.78 is 14.5. The molecule has 0 saturated carbocycles. The third kappa shape index (κ3) is 3.22. The van der Waals surface area contributed by atoms with Crippen LogP contribution in [0.15, 0.2) is 34.9 Å². The van der Waals surface area contributed by atoms with Crippen LogP contribution in [-0.2, 0) is 0 Å². The van der Waals surface area contributed by atoms with Crippen molar-refractivity contribution in [3.05, 3.63) is 62.0 Å². The van der Waals surface area contributed by atoms with E-state index in [0.29, 0.717) is 4.47 Å². The van der Waals surface area contributed by atoms with Gasteiger partial charge in [0.15, 0.2) is 0 Å². The lowest BCUT2D eigenvalue weighted by atomic mass is 10.1. The second-order valence-corrected chi connectivity index (χ2v) is 5.02. The molecule has 0 saturated heterocycles. The van der Waals surface area contributed by atoms with E-state index in [-0.39, 0.29) is 17.1 Å². The van der Waals surface area contributed by atoms with Crippen molar-refractivity contribution >= 4 is 33.3 Å². The molecule has 0 spiro atoms. The van der Waals surface area contributed by atoms with Crippen molar-refractivity contribution < 1.29 is 14.1 Å². The van der Waals surface area contributed by atoms with Gasteiger partial charge in [-0.25, -0.2) is 9.37 Å². The van der Waals surface area contributed by atoms with Crippen molar-refractivity contribution in [1.82, 2.24) is 4.98 Å². The highest BCUT2D eigenvalue weighted by Gasteiger charge is 2.20. The van der Waals surface area contributed by atoms with E-state index < -0.39 is 22.2 Å². The Bertz CT molecular complexity index is 737. The summed E-state index contributed by atoms with van der Waals surface area (Å²) in [6, 6.07) is 5.27. The van der Waals surface area contributed by atoms with Gasteiger partial charge in [0.05, 0.1) is 15.0 Å². The Kier molecular flexibility index (Phi) is 4.27. The molecular formula is C13H9BrFN3O3. The number of rotatable bonds is 3. The number of carbonyl (C=O) groups excluding carboxylic acids is 1. The lowest BCUT2D eigenvalue weighted by molar-refractivity contribution is -0.385. The number of aromatic nitrogens is 1. The number of carbonyl (C=O) groups is 1. The molecule has 108 valence electrons. The monoisotopic (exact) mass is 353 g/mol. The highest BCUT2D eigenvalue weighted by Crippen LogP contribution is 2.23. The number of nitro benzene ring substituents is 1. The van der Waals surface area contributed by atoms with Crippen LogP contribution in [0, 0.1) is 22.9 Å². The fraction of sp³-hybridized carbons (Fsp3) is 0.0769. The molecule has 2 rings (SSSR count). The average molecular weight is 354 g/mol. The SMILES string of the molecule is Cc1cc([N+](=O)[O-])cc(C(=O)Nc2ncccc2Br)c1F. The molecule has 0 unspecified atom stereocenters. The normalized spacial score (nSPS) is 10.2. The summed E-state index contributed by atoms with van der Waals surface area (Å²) in [6.45, 7) is 1.36. The van der Waals surface area contributed by atoms with Gasteiger partial charge in [-0.05, 0) is 40.5 Å². The van der Waals surface area contributed by atoms with E-state index in [1.807, 2.05) is 0 Å². The second-order valence-electron chi connectivity index (χ2n) is 4.17. The van der Waals surface area contributed by atoms with Crippen molar-refractivity contribution in [2.24, 2.45) is 0 Å². The maximum atomic E-state index is 14.0. The van der Waals surface area contributed by atoms with Crippen LogP contribution in [0.2, 0.25) is 0 Å².